The summed E-state index contributed by atoms with van der Waals surface area (Å²) >= 11 is 0. The summed E-state index contributed by atoms with van der Waals surface area (Å²) in [4.78, 5) is 23.0. The number of nitrogens with one attached hydrogen (secondary N) is 2. The maximum Gasteiger partial charge on any atom is 0.303 e. The van der Waals surface area contributed by atoms with Crippen LogP contribution in [0.4, 0.5) is 11.4 Å². The quantitative estimate of drug-likeness (QED) is 0.267. The lowest BCUT2D eigenvalue weighted by molar-refractivity contribution is -0.136. The van der Waals surface area contributed by atoms with Crippen LogP contribution in [0.2, 0.25) is 0 Å². The molecule has 0 fully saturated rings. The predicted octanol–water partition coefficient (Wildman–Crippen LogP) is 2.58. The van der Waals surface area contributed by atoms with Gasteiger partial charge in [0.2, 0.25) is 0 Å². The van der Waals surface area contributed by atoms with Crippen molar-refractivity contribution in [2.45, 2.75) is 19.8 Å². The van der Waals surface area contributed by atoms with E-state index in [4.69, 9.17) is 10.9 Å². The van der Waals surface area contributed by atoms with Gasteiger partial charge in [0.25, 0.3) is 5.91 Å². The largest absolute Gasteiger partial charge is 0.481 e. The summed E-state index contributed by atoms with van der Waals surface area (Å²) in [7, 11) is 0. The molecule has 0 spiro atoms. The minimum Gasteiger partial charge on any atom is -0.481 e. The van der Waals surface area contributed by atoms with Crippen LogP contribution >= 0.6 is 0 Å². The van der Waals surface area contributed by atoms with Crippen molar-refractivity contribution in [1.82, 2.24) is 0 Å². The van der Waals surface area contributed by atoms with Crippen molar-refractivity contribution >= 4 is 29.6 Å². The fraction of sp³-hybridized carbons (Fsp3) is 0.167. The number of aryl methyl sites for hydroxylation is 2. The summed E-state index contributed by atoms with van der Waals surface area (Å²) in [5.41, 5.74) is 3.73. The first-order valence-corrected chi connectivity index (χ1v) is 7.70. The summed E-state index contributed by atoms with van der Waals surface area (Å²) in [6, 6.07) is 12.4. The van der Waals surface area contributed by atoms with Crippen LogP contribution in [0.15, 0.2) is 47.6 Å². The maximum absolute atomic E-state index is 12.4. The highest BCUT2D eigenvalue weighted by molar-refractivity contribution is 6.05. The van der Waals surface area contributed by atoms with E-state index in [1.54, 1.807) is 30.3 Å². The molecule has 0 aromatic heterocycles. The Labute approximate surface area is 145 Å². The van der Waals surface area contributed by atoms with E-state index in [0.29, 0.717) is 23.4 Å². The molecule has 2 aromatic carbocycles. The van der Waals surface area contributed by atoms with Crippen LogP contribution in [0.1, 0.15) is 27.9 Å². The average molecular weight is 340 g/mol. The number of nitrogens with zero attached hydrogens (tertiary/aromatic N) is 1. The van der Waals surface area contributed by atoms with E-state index < -0.39 is 5.97 Å². The predicted molar refractivity (Wildman–Crippen MR) is 97.8 cm³/mol. The van der Waals surface area contributed by atoms with Crippen LogP contribution in [0.5, 0.6) is 0 Å². The second-order valence-electron chi connectivity index (χ2n) is 5.49. The molecule has 0 heterocycles. The van der Waals surface area contributed by atoms with Crippen LogP contribution in [-0.2, 0) is 11.2 Å². The number of carbonyl (C=O) groups excluding carboxylic acids is 1. The summed E-state index contributed by atoms with van der Waals surface area (Å²) in [6.07, 6.45) is 1.88. The van der Waals surface area contributed by atoms with Crippen LogP contribution in [0.25, 0.3) is 0 Å². The van der Waals surface area contributed by atoms with Crippen molar-refractivity contribution in [2.75, 3.05) is 10.6 Å². The molecule has 0 bridgehead atoms. The molecule has 2 rings (SSSR count). The van der Waals surface area contributed by atoms with Crippen molar-refractivity contribution < 1.29 is 14.7 Å². The number of carboxylic acids is 1. The van der Waals surface area contributed by atoms with Gasteiger partial charge in [-0.3, -0.25) is 9.59 Å². The van der Waals surface area contributed by atoms with Gasteiger partial charge in [-0.05, 0) is 54.8 Å². The van der Waals surface area contributed by atoms with E-state index in [-0.39, 0.29) is 12.3 Å². The zero-order valence-corrected chi connectivity index (χ0v) is 13.8. The Morgan fingerprint density at radius 2 is 2.00 bits per heavy atom. The Kier molecular flexibility index (Phi) is 6.11. The third-order valence-corrected chi connectivity index (χ3v) is 3.64. The monoisotopic (exact) mass is 340 g/mol. The minimum atomic E-state index is -0.829. The molecule has 0 saturated carbocycles. The lowest BCUT2D eigenvalue weighted by atomic mass is 10.0. The fourth-order valence-corrected chi connectivity index (χ4v) is 2.36. The Morgan fingerprint density at radius 1 is 1.20 bits per heavy atom. The highest BCUT2D eigenvalue weighted by Gasteiger charge is 2.08. The van der Waals surface area contributed by atoms with Gasteiger partial charge in [-0.2, -0.15) is 5.10 Å². The van der Waals surface area contributed by atoms with Crippen LogP contribution < -0.4 is 16.5 Å². The molecule has 0 aliphatic rings. The van der Waals surface area contributed by atoms with Gasteiger partial charge in [0.05, 0.1) is 0 Å². The number of hydrazone groups is 1. The van der Waals surface area contributed by atoms with Gasteiger partial charge in [-0.15, -0.1) is 0 Å². The number of carboxylic acid groups (broad SMARTS) is 1. The van der Waals surface area contributed by atoms with Crippen molar-refractivity contribution in [3.63, 3.8) is 0 Å². The molecule has 2 aromatic rings. The molecule has 130 valence electrons. The molecule has 0 atom stereocenters. The lowest BCUT2D eigenvalue weighted by Crippen LogP contribution is -2.12. The molecule has 1 amide bonds. The van der Waals surface area contributed by atoms with Gasteiger partial charge in [-0.25, -0.2) is 0 Å². The SMILES string of the molecule is Cc1cc(NC(=O)c2cccc(NC=NN)c2)ccc1CCC(=O)O. The van der Waals surface area contributed by atoms with Gasteiger partial charge >= 0.3 is 5.97 Å². The van der Waals surface area contributed by atoms with Crippen LogP contribution in [-0.4, -0.2) is 23.3 Å². The molecule has 0 aliphatic carbocycles. The van der Waals surface area contributed by atoms with Crippen LogP contribution in [0, 0.1) is 6.92 Å². The average Bonchev–Trinajstić information content (AvgIpc) is 2.59. The molecule has 25 heavy (non-hydrogen) atoms. The van der Waals surface area contributed by atoms with Gasteiger partial charge in [0.1, 0.15) is 6.34 Å². The molecule has 0 unspecified atom stereocenters. The van der Waals surface area contributed by atoms with Crippen LogP contribution in [0.3, 0.4) is 0 Å². The molecule has 5 N–H and O–H groups in total. The lowest BCUT2D eigenvalue weighted by Gasteiger charge is -2.10. The zero-order valence-electron chi connectivity index (χ0n) is 13.8. The molecule has 0 aliphatic heterocycles. The first-order valence-electron chi connectivity index (χ1n) is 7.70. The van der Waals surface area contributed by atoms with E-state index in [0.717, 1.165) is 11.1 Å². The topological polar surface area (TPSA) is 117 Å². The summed E-state index contributed by atoms with van der Waals surface area (Å²) in [5.74, 6) is 3.96. The Bertz CT molecular complexity index is 803. The smallest absolute Gasteiger partial charge is 0.303 e. The summed E-state index contributed by atoms with van der Waals surface area (Å²) in [6.45, 7) is 1.89. The first kappa shape index (κ1) is 18.0. The number of amides is 1. The van der Waals surface area contributed by atoms with Crippen molar-refractivity contribution in [2.24, 2.45) is 10.9 Å². The Balaban J connectivity index is 2.07. The molecular formula is C18H20N4O3. The Morgan fingerprint density at radius 3 is 2.68 bits per heavy atom. The van der Waals surface area contributed by atoms with Gasteiger partial charge in [0, 0.05) is 23.4 Å². The van der Waals surface area contributed by atoms with Gasteiger partial charge < -0.3 is 21.6 Å². The van der Waals surface area contributed by atoms with Crippen molar-refractivity contribution in [3.05, 3.63) is 59.2 Å². The second kappa shape index (κ2) is 8.49. The number of anilines is 2. The van der Waals surface area contributed by atoms with E-state index in [2.05, 4.69) is 15.7 Å². The number of hydrogen-bond acceptors (Lipinski definition) is 4. The summed E-state index contributed by atoms with van der Waals surface area (Å²) in [5, 5.41) is 17.8. The molecule has 7 nitrogen and oxygen atoms in total. The molecule has 0 radical (unpaired) electrons. The van der Waals surface area contributed by atoms with E-state index in [9.17, 15) is 9.59 Å². The zero-order chi connectivity index (χ0) is 18.2. The third-order valence-electron chi connectivity index (χ3n) is 3.64. The van der Waals surface area contributed by atoms with Crippen molar-refractivity contribution in [1.29, 1.82) is 0 Å². The highest BCUT2D eigenvalue weighted by atomic mass is 16.4. The standard InChI is InChI=1S/C18H20N4O3/c1-12-9-16(7-5-13(12)6-8-17(23)24)22-18(25)14-3-2-4-15(10-14)20-11-21-19/h2-5,7,9-11H,6,8,19H2,1H3,(H,20,21)(H,22,25)(H,23,24). The first-order chi connectivity index (χ1) is 12.0. The van der Waals surface area contributed by atoms with E-state index in [1.807, 2.05) is 19.1 Å². The molecule has 7 heteroatoms. The van der Waals surface area contributed by atoms with Crippen molar-refractivity contribution in [3.8, 4) is 0 Å². The number of hydrogen-bond donors (Lipinski definition) is 4. The van der Waals surface area contributed by atoms with Gasteiger partial charge in [-0.1, -0.05) is 12.1 Å². The maximum atomic E-state index is 12.4. The number of benzene rings is 2. The van der Waals surface area contributed by atoms with Gasteiger partial charge in [0.15, 0.2) is 0 Å². The number of rotatable bonds is 7. The van der Waals surface area contributed by atoms with E-state index in [1.165, 1.54) is 6.34 Å². The number of aliphatic carboxylic acids is 1. The molecule has 0 saturated heterocycles. The Hall–Kier alpha value is -3.35. The number of carbonyl (C=O) groups is 2. The number of nitrogens with two attached hydrogens (primary N) is 1. The third kappa shape index (κ3) is 5.35. The molecular weight excluding hydrogens is 320 g/mol. The normalized spacial score (nSPS) is 10.6. The van der Waals surface area contributed by atoms with E-state index >= 15 is 0 Å². The summed E-state index contributed by atoms with van der Waals surface area (Å²) < 4.78 is 0. The fourth-order valence-electron chi connectivity index (χ4n) is 2.36. The second-order valence-corrected chi connectivity index (χ2v) is 5.49. The minimum absolute atomic E-state index is 0.0818. The highest BCUT2D eigenvalue weighted by Crippen LogP contribution is 2.18.